The Hall–Kier alpha value is -5.78. The Labute approximate surface area is 267 Å². The van der Waals surface area contributed by atoms with Crippen molar-refractivity contribution >= 4 is 92.4 Å². The molecule has 10 rings (SSSR count). The van der Waals surface area contributed by atoms with E-state index in [0.29, 0.717) is 0 Å². The van der Waals surface area contributed by atoms with E-state index in [1.54, 1.807) is 0 Å². The van der Waals surface area contributed by atoms with Gasteiger partial charge in [0.15, 0.2) is 5.82 Å². The third kappa shape index (κ3) is 3.60. The monoisotopic (exact) mass is 607 g/mol. The molecule has 0 fully saturated rings. The van der Waals surface area contributed by atoms with Gasteiger partial charge in [0.1, 0.15) is 16.9 Å². The van der Waals surface area contributed by atoms with Crippen LogP contribution in [0.15, 0.2) is 132 Å². The first-order valence-electron chi connectivity index (χ1n) is 15.4. The molecule has 0 atom stereocenters. The Bertz CT molecular complexity index is 2890. The number of benzene rings is 6. The molecule has 0 bridgehead atoms. The number of allylic oxidation sites excluding steroid dienone is 1. The van der Waals surface area contributed by atoms with Crippen LogP contribution in [-0.2, 0) is 0 Å². The van der Waals surface area contributed by atoms with Gasteiger partial charge in [-0.25, -0.2) is 9.97 Å². The van der Waals surface area contributed by atoms with Gasteiger partial charge in [0, 0.05) is 47.3 Å². The molecule has 5 heteroatoms. The molecule has 4 heterocycles. The number of hydrogen-bond acceptors (Lipinski definition) is 4. The van der Waals surface area contributed by atoms with Crippen LogP contribution in [0.3, 0.4) is 0 Å². The Kier molecular flexibility index (Phi) is 5.33. The molecule has 0 spiro atoms. The van der Waals surface area contributed by atoms with E-state index < -0.39 is 0 Å². The van der Waals surface area contributed by atoms with E-state index in [-0.39, 0.29) is 0 Å². The van der Waals surface area contributed by atoms with Crippen LogP contribution in [0.2, 0.25) is 0 Å². The van der Waals surface area contributed by atoms with Crippen LogP contribution in [0.4, 0.5) is 0 Å². The van der Waals surface area contributed by atoms with Crippen LogP contribution < -0.4 is 0 Å². The first-order valence-corrected chi connectivity index (χ1v) is 16.3. The van der Waals surface area contributed by atoms with Crippen molar-refractivity contribution in [3.63, 3.8) is 0 Å². The van der Waals surface area contributed by atoms with Crippen LogP contribution in [0, 0.1) is 0 Å². The lowest BCUT2D eigenvalue weighted by molar-refractivity contribution is 0.669. The fraction of sp³-hybridized carbons (Fsp3) is 0.0244. The second-order valence-electron chi connectivity index (χ2n) is 11.7. The molecule has 6 aromatic carbocycles. The average molecular weight is 608 g/mol. The van der Waals surface area contributed by atoms with Gasteiger partial charge in [-0.2, -0.15) is 0 Å². The lowest BCUT2D eigenvalue weighted by Crippen LogP contribution is -2.04. The van der Waals surface area contributed by atoms with Gasteiger partial charge in [-0.15, -0.1) is 11.3 Å². The van der Waals surface area contributed by atoms with Crippen LogP contribution >= 0.6 is 11.3 Å². The number of aromatic nitrogens is 3. The van der Waals surface area contributed by atoms with Crippen molar-refractivity contribution in [2.75, 3.05) is 0 Å². The highest BCUT2D eigenvalue weighted by Gasteiger charge is 2.23. The van der Waals surface area contributed by atoms with E-state index in [1.807, 2.05) is 35.6 Å². The van der Waals surface area contributed by atoms with E-state index in [0.717, 1.165) is 77.4 Å². The molecular weight excluding hydrogens is 583 g/mol. The van der Waals surface area contributed by atoms with Gasteiger partial charge in [-0.05, 0) is 67.1 Å². The predicted molar refractivity (Wildman–Crippen MR) is 194 cm³/mol. The van der Waals surface area contributed by atoms with Gasteiger partial charge in [0.2, 0.25) is 0 Å². The summed E-state index contributed by atoms with van der Waals surface area (Å²) in [6, 6.07) is 42.8. The van der Waals surface area contributed by atoms with Crippen molar-refractivity contribution < 1.29 is 4.42 Å². The molecule has 0 unspecified atom stereocenters. The first-order chi connectivity index (χ1) is 22.7. The predicted octanol–water partition coefficient (Wildman–Crippen LogP) is 11.7. The summed E-state index contributed by atoms with van der Waals surface area (Å²) >= 11 is 1.82. The molecule has 46 heavy (non-hydrogen) atoms. The number of hydrogen-bond donors (Lipinski definition) is 0. The highest BCUT2D eigenvalue weighted by atomic mass is 32.1. The molecule has 0 saturated carbocycles. The Balaban J connectivity index is 1.39. The number of fused-ring (bicyclic) bond motifs is 10. The molecule has 0 aliphatic rings. The van der Waals surface area contributed by atoms with Gasteiger partial charge in [-0.3, -0.25) is 4.57 Å². The number of para-hydroxylation sites is 3. The summed E-state index contributed by atoms with van der Waals surface area (Å²) in [7, 11) is 0. The second kappa shape index (κ2) is 9.61. The summed E-state index contributed by atoms with van der Waals surface area (Å²) in [4.78, 5) is 10.8. The minimum atomic E-state index is 0.812. The molecule has 10 aromatic rings. The van der Waals surface area contributed by atoms with Crippen LogP contribution in [0.25, 0.3) is 98.1 Å². The van der Waals surface area contributed by atoms with E-state index in [2.05, 4.69) is 121 Å². The zero-order chi connectivity index (χ0) is 30.4. The van der Waals surface area contributed by atoms with Crippen LogP contribution in [-0.4, -0.2) is 14.5 Å². The van der Waals surface area contributed by atoms with Gasteiger partial charge in [-0.1, -0.05) is 78.9 Å². The Morgan fingerprint density at radius 1 is 0.609 bits per heavy atom. The molecule has 4 nitrogen and oxygen atoms in total. The smallest absolute Gasteiger partial charge is 0.165 e. The summed E-state index contributed by atoms with van der Waals surface area (Å²) in [5.74, 6) is 0.812. The van der Waals surface area contributed by atoms with Gasteiger partial charge in [0.05, 0.1) is 22.1 Å². The van der Waals surface area contributed by atoms with Gasteiger partial charge < -0.3 is 4.42 Å². The number of rotatable bonds is 3. The van der Waals surface area contributed by atoms with Crippen molar-refractivity contribution in [1.29, 1.82) is 0 Å². The quantitative estimate of drug-likeness (QED) is 0.201. The SMILES string of the molecule is C/C=C/c1ccc2c(c1)c1cc3oc4ccccc4c3cc1n2-c1nc2ccccc2nc1-c1cccc2sc3ccccc3c12. The number of furan rings is 1. The summed E-state index contributed by atoms with van der Waals surface area (Å²) in [6.07, 6.45) is 4.22. The maximum Gasteiger partial charge on any atom is 0.165 e. The highest BCUT2D eigenvalue weighted by molar-refractivity contribution is 7.25. The third-order valence-electron chi connectivity index (χ3n) is 9.07. The molecule has 0 radical (unpaired) electrons. The summed E-state index contributed by atoms with van der Waals surface area (Å²) in [5, 5.41) is 6.91. The molecule has 0 aliphatic heterocycles. The molecule has 0 aliphatic carbocycles. The molecule has 216 valence electrons. The number of thiophene rings is 1. The van der Waals surface area contributed by atoms with E-state index in [9.17, 15) is 0 Å². The molecule has 4 aromatic heterocycles. The summed E-state index contributed by atoms with van der Waals surface area (Å²) in [5.41, 5.74) is 8.74. The van der Waals surface area contributed by atoms with Gasteiger partial charge >= 0.3 is 0 Å². The molecule has 0 saturated heterocycles. The van der Waals surface area contributed by atoms with Crippen LogP contribution in [0.5, 0.6) is 0 Å². The maximum absolute atomic E-state index is 6.38. The topological polar surface area (TPSA) is 43.9 Å². The lowest BCUT2D eigenvalue weighted by Gasteiger charge is -2.15. The van der Waals surface area contributed by atoms with E-state index >= 15 is 0 Å². The van der Waals surface area contributed by atoms with Crippen molar-refractivity contribution in [3.8, 4) is 17.1 Å². The summed E-state index contributed by atoms with van der Waals surface area (Å²) in [6.45, 7) is 2.05. The van der Waals surface area contributed by atoms with E-state index in [1.165, 1.54) is 20.2 Å². The largest absolute Gasteiger partial charge is 0.456 e. The first kappa shape index (κ1) is 25.5. The van der Waals surface area contributed by atoms with Crippen molar-refractivity contribution in [2.45, 2.75) is 6.92 Å². The maximum atomic E-state index is 6.38. The molecule has 0 N–H and O–H groups in total. The number of nitrogens with zero attached hydrogens (tertiary/aromatic N) is 3. The Morgan fingerprint density at radius 2 is 1.37 bits per heavy atom. The fourth-order valence-corrected chi connectivity index (χ4v) is 8.21. The van der Waals surface area contributed by atoms with Crippen molar-refractivity contribution in [3.05, 3.63) is 133 Å². The zero-order valence-electron chi connectivity index (χ0n) is 24.9. The zero-order valence-corrected chi connectivity index (χ0v) is 25.7. The normalized spacial score (nSPS) is 12.4. The van der Waals surface area contributed by atoms with Gasteiger partial charge in [0.25, 0.3) is 0 Å². The fourth-order valence-electron chi connectivity index (χ4n) is 7.08. The molecular formula is C41H25N3OS. The minimum absolute atomic E-state index is 0.812. The van der Waals surface area contributed by atoms with Crippen molar-refractivity contribution in [1.82, 2.24) is 14.5 Å². The average Bonchev–Trinajstić information content (AvgIpc) is 3.76. The standard InChI is InChI=1S/C41H25N3OS/c1-2-10-24-19-20-33-28(21-24)29-23-36-30(25-11-3-7-16-35(25)45-36)22-34(29)44(33)41-40(42-31-14-5-6-15-32(31)43-41)27-13-9-18-38-39(27)26-12-4-8-17-37(26)46-38/h2-23H,1H3/b10-2+. The second-order valence-corrected chi connectivity index (χ2v) is 12.8. The molecule has 0 amide bonds. The highest BCUT2D eigenvalue weighted by Crippen LogP contribution is 2.44. The van der Waals surface area contributed by atoms with E-state index in [4.69, 9.17) is 14.4 Å². The Morgan fingerprint density at radius 3 is 2.26 bits per heavy atom. The minimum Gasteiger partial charge on any atom is -0.456 e. The third-order valence-corrected chi connectivity index (χ3v) is 10.2. The lowest BCUT2D eigenvalue weighted by atomic mass is 10.0. The van der Waals surface area contributed by atoms with Crippen LogP contribution in [0.1, 0.15) is 12.5 Å². The summed E-state index contributed by atoms with van der Waals surface area (Å²) < 4.78 is 11.2. The van der Waals surface area contributed by atoms with Crippen molar-refractivity contribution in [2.24, 2.45) is 0 Å².